The smallest absolute Gasteiger partial charge is 0.123 e. The fraction of sp³-hybridized carbons (Fsp3) is 0.471. The Balaban J connectivity index is 1.54. The van der Waals surface area contributed by atoms with Crippen molar-refractivity contribution in [2.24, 2.45) is 11.8 Å². The molecule has 0 heterocycles. The first-order valence-corrected chi connectivity index (χ1v) is 14.9. The first kappa shape index (κ1) is 26.9. The molecule has 0 radical (unpaired) electrons. The first-order valence-electron chi connectivity index (χ1n) is 14.1. The molecule has 1 nitrogen and oxygen atoms in total. The van der Waals surface area contributed by atoms with E-state index in [1.165, 1.54) is 70.2 Å². The first-order chi connectivity index (χ1) is 17.4. The van der Waals surface area contributed by atoms with E-state index in [-0.39, 0.29) is 0 Å². The van der Waals surface area contributed by atoms with Gasteiger partial charge in [0.25, 0.3) is 0 Å². The van der Waals surface area contributed by atoms with Crippen LogP contribution in [0, 0.1) is 25.7 Å². The van der Waals surface area contributed by atoms with Crippen LogP contribution in [0.25, 0.3) is 22.3 Å². The van der Waals surface area contributed by atoms with Crippen molar-refractivity contribution in [3.63, 3.8) is 0 Å². The van der Waals surface area contributed by atoms with E-state index in [1.807, 2.05) is 0 Å². The summed E-state index contributed by atoms with van der Waals surface area (Å²) in [6.45, 7) is 12.2. The fourth-order valence-corrected chi connectivity index (χ4v) is 6.05. The van der Waals surface area contributed by atoms with Crippen LogP contribution < -0.4 is 4.74 Å². The lowest BCUT2D eigenvalue weighted by Crippen LogP contribution is -2.11. The summed E-state index contributed by atoms with van der Waals surface area (Å²) in [4.78, 5) is 0. The Labute approximate surface area is 222 Å². The van der Waals surface area contributed by atoms with Gasteiger partial charge in [-0.25, -0.2) is 0 Å². The van der Waals surface area contributed by atoms with E-state index >= 15 is 0 Å². The fourth-order valence-electron chi connectivity index (χ4n) is 5.73. The minimum atomic E-state index is 0.623. The van der Waals surface area contributed by atoms with Crippen LogP contribution in [0.5, 0.6) is 5.75 Å². The summed E-state index contributed by atoms with van der Waals surface area (Å²) in [5.41, 5.74) is 10.6. The van der Waals surface area contributed by atoms with E-state index in [0.717, 1.165) is 43.2 Å². The van der Waals surface area contributed by atoms with Crippen molar-refractivity contribution >= 4 is 9.24 Å². The highest BCUT2D eigenvalue weighted by Crippen LogP contribution is 2.38. The average molecular weight is 501 g/mol. The number of hydrogen-bond donors (Lipinski definition) is 0. The van der Waals surface area contributed by atoms with E-state index < -0.39 is 0 Å². The Morgan fingerprint density at radius 3 is 2.06 bits per heavy atom. The Kier molecular flexibility index (Phi) is 9.30. The predicted molar refractivity (Wildman–Crippen MR) is 160 cm³/mol. The average Bonchev–Trinajstić information content (AvgIpc) is 2.90. The monoisotopic (exact) mass is 500 g/mol. The zero-order valence-electron chi connectivity index (χ0n) is 23.1. The molecule has 0 saturated heterocycles. The van der Waals surface area contributed by atoms with Crippen LogP contribution in [-0.4, -0.2) is 6.61 Å². The third kappa shape index (κ3) is 6.23. The lowest BCUT2D eigenvalue weighted by molar-refractivity contribution is 0.239. The minimum absolute atomic E-state index is 0.623. The van der Waals surface area contributed by atoms with Gasteiger partial charge in [-0.3, -0.25) is 0 Å². The predicted octanol–water partition coefficient (Wildman–Crippen LogP) is 10.1. The van der Waals surface area contributed by atoms with E-state index in [1.54, 1.807) is 0 Å². The molecule has 4 rings (SSSR count). The summed E-state index contributed by atoms with van der Waals surface area (Å²) in [5.74, 6) is 3.31. The second-order valence-electron chi connectivity index (χ2n) is 11.1. The van der Waals surface area contributed by atoms with Crippen LogP contribution in [0.1, 0.15) is 87.5 Å². The maximum absolute atomic E-state index is 6.30. The standard InChI is InChI=1S/C34H45OP/c1-6-26(7-2)21-35-34-19-25(5)33(20-31(34)22-36)32-17-16-30(18-24(32)4)29-14-12-28(13-15-29)27-10-8-23(3)9-11-27/h12-20,23,26-27H,6-11,21-22,36H2,1-5H3. The summed E-state index contributed by atoms with van der Waals surface area (Å²) in [5, 5.41) is 0. The molecule has 0 bridgehead atoms. The van der Waals surface area contributed by atoms with Gasteiger partial charge < -0.3 is 4.74 Å². The third-order valence-corrected chi connectivity index (χ3v) is 8.94. The van der Waals surface area contributed by atoms with Crippen LogP contribution in [0.15, 0.2) is 54.6 Å². The largest absolute Gasteiger partial charge is 0.493 e. The van der Waals surface area contributed by atoms with Crippen molar-refractivity contribution in [1.82, 2.24) is 0 Å². The number of ether oxygens (including phenoxy) is 1. The molecule has 0 aromatic heterocycles. The van der Waals surface area contributed by atoms with E-state index in [0.29, 0.717) is 5.92 Å². The number of benzene rings is 3. The minimum Gasteiger partial charge on any atom is -0.493 e. The molecule has 1 fully saturated rings. The lowest BCUT2D eigenvalue weighted by atomic mass is 9.79. The van der Waals surface area contributed by atoms with Gasteiger partial charge in [0.15, 0.2) is 0 Å². The molecule has 1 unspecified atom stereocenters. The van der Waals surface area contributed by atoms with E-state index in [2.05, 4.69) is 98.5 Å². The van der Waals surface area contributed by atoms with Crippen molar-refractivity contribution in [2.45, 2.75) is 85.2 Å². The number of hydrogen-bond acceptors (Lipinski definition) is 1. The van der Waals surface area contributed by atoms with Crippen molar-refractivity contribution in [1.29, 1.82) is 0 Å². The molecule has 0 aliphatic heterocycles. The molecule has 1 aliphatic carbocycles. The van der Waals surface area contributed by atoms with Crippen LogP contribution in [-0.2, 0) is 6.16 Å². The van der Waals surface area contributed by atoms with Crippen molar-refractivity contribution in [3.8, 4) is 28.0 Å². The Morgan fingerprint density at radius 1 is 0.806 bits per heavy atom. The highest BCUT2D eigenvalue weighted by atomic mass is 31.0. The van der Waals surface area contributed by atoms with Crippen LogP contribution in [0.2, 0.25) is 0 Å². The molecule has 3 aromatic rings. The molecule has 0 spiro atoms. The second kappa shape index (κ2) is 12.4. The Morgan fingerprint density at radius 2 is 1.44 bits per heavy atom. The summed E-state index contributed by atoms with van der Waals surface area (Å²) in [6, 6.07) is 20.9. The molecule has 2 heteroatoms. The van der Waals surface area contributed by atoms with Crippen LogP contribution >= 0.6 is 9.24 Å². The summed E-state index contributed by atoms with van der Waals surface area (Å²) >= 11 is 0. The van der Waals surface area contributed by atoms with Crippen LogP contribution in [0.3, 0.4) is 0 Å². The van der Waals surface area contributed by atoms with Gasteiger partial charge in [-0.15, -0.1) is 9.24 Å². The molecule has 1 saturated carbocycles. The van der Waals surface area contributed by atoms with Gasteiger partial charge >= 0.3 is 0 Å². The van der Waals surface area contributed by atoms with E-state index in [4.69, 9.17) is 4.74 Å². The van der Waals surface area contributed by atoms with Crippen molar-refractivity contribution in [2.75, 3.05) is 6.61 Å². The van der Waals surface area contributed by atoms with Gasteiger partial charge in [-0.1, -0.05) is 88.9 Å². The maximum atomic E-state index is 6.30. The summed E-state index contributed by atoms with van der Waals surface area (Å²) in [6.07, 6.45) is 8.65. The molecular formula is C34H45OP. The highest BCUT2D eigenvalue weighted by Gasteiger charge is 2.19. The number of rotatable bonds is 9. The molecule has 1 aliphatic rings. The Hall–Kier alpha value is -2.11. The van der Waals surface area contributed by atoms with Gasteiger partial charge in [-0.05, 0) is 107 Å². The van der Waals surface area contributed by atoms with Gasteiger partial charge in [0.1, 0.15) is 5.75 Å². The number of aryl methyl sites for hydroxylation is 2. The SMILES string of the molecule is CCC(CC)COc1cc(C)c(-c2ccc(-c3ccc(C4CCC(C)CC4)cc3)cc2C)cc1CP. The quantitative estimate of drug-likeness (QED) is 0.266. The van der Waals surface area contributed by atoms with Gasteiger partial charge in [0, 0.05) is 0 Å². The van der Waals surface area contributed by atoms with E-state index in [9.17, 15) is 0 Å². The Bertz CT molecular complexity index is 1130. The molecule has 0 amide bonds. The molecular weight excluding hydrogens is 455 g/mol. The molecule has 3 aromatic carbocycles. The molecule has 192 valence electrons. The van der Waals surface area contributed by atoms with Crippen LogP contribution in [0.4, 0.5) is 0 Å². The third-order valence-electron chi connectivity index (χ3n) is 8.50. The topological polar surface area (TPSA) is 9.23 Å². The van der Waals surface area contributed by atoms with Crippen molar-refractivity contribution < 1.29 is 4.74 Å². The summed E-state index contributed by atoms with van der Waals surface area (Å²) in [7, 11) is 2.88. The zero-order valence-corrected chi connectivity index (χ0v) is 24.2. The second-order valence-corrected chi connectivity index (χ2v) is 11.5. The molecule has 0 N–H and O–H groups in total. The zero-order chi connectivity index (χ0) is 25.7. The maximum Gasteiger partial charge on any atom is 0.123 e. The van der Waals surface area contributed by atoms with Gasteiger partial charge in [-0.2, -0.15) is 0 Å². The van der Waals surface area contributed by atoms with Gasteiger partial charge in [0.2, 0.25) is 0 Å². The highest BCUT2D eigenvalue weighted by molar-refractivity contribution is 7.15. The lowest BCUT2D eigenvalue weighted by Gasteiger charge is -2.26. The van der Waals surface area contributed by atoms with Crippen molar-refractivity contribution in [3.05, 3.63) is 76.9 Å². The van der Waals surface area contributed by atoms with Gasteiger partial charge in [0.05, 0.1) is 6.61 Å². The molecule has 36 heavy (non-hydrogen) atoms. The summed E-state index contributed by atoms with van der Waals surface area (Å²) < 4.78 is 6.30. The normalized spacial score (nSPS) is 18.0. The molecule has 1 atom stereocenters.